The van der Waals surface area contributed by atoms with Gasteiger partial charge >= 0.3 is 0 Å². The van der Waals surface area contributed by atoms with Crippen molar-refractivity contribution in [1.29, 1.82) is 0 Å². The molecule has 0 N–H and O–H groups in total. The highest BCUT2D eigenvalue weighted by Crippen LogP contribution is 2.50. The molecule has 4 heterocycles. The van der Waals surface area contributed by atoms with Crippen molar-refractivity contribution in [2.24, 2.45) is 11.8 Å². The first-order valence-corrected chi connectivity index (χ1v) is 15.2. The number of aromatic nitrogens is 1. The zero-order valence-electron chi connectivity index (χ0n) is 24.1. The molecule has 0 radical (unpaired) electrons. The number of hydrogen-bond donors (Lipinski definition) is 0. The van der Waals surface area contributed by atoms with Crippen LogP contribution in [0.5, 0.6) is 0 Å². The third kappa shape index (κ3) is 4.42. The Morgan fingerprint density at radius 2 is 1.67 bits per heavy atom. The number of ether oxygens (including phenoxy) is 1. The minimum Gasteiger partial charge on any atom is -0.363 e. The van der Waals surface area contributed by atoms with Gasteiger partial charge in [0, 0.05) is 46.7 Å². The number of rotatable bonds is 8. The Morgan fingerprint density at radius 1 is 0.952 bits per heavy atom. The van der Waals surface area contributed by atoms with Crippen LogP contribution in [0.15, 0.2) is 91.6 Å². The second-order valence-corrected chi connectivity index (χ2v) is 12.3. The quantitative estimate of drug-likeness (QED) is 0.107. The molecule has 3 aliphatic heterocycles. The lowest BCUT2D eigenvalue weighted by molar-refractivity contribution is -0.985. The molecule has 0 spiro atoms. The Labute approximate surface area is 246 Å². The fourth-order valence-electron chi connectivity index (χ4n) is 8.26. The van der Waals surface area contributed by atoms with Gasteiger partial charge in [0.15, 0.2) is 0 Å². The zero-order valence-corrected chi connectivity index (χ0v) is 24.1. The zero-order chi connectivity index (χ0) is 28.8. The molecule has 3 saturated heterocycles. The summed E-state index contributed by atoms with van der Waals surface area (Å²) in [6.45, 7) is 9.47. The van der Waals surface area contributed by atoms with E-state index in [4.69, 9.17) is 4.74 Å². The number of hydrogen-bond acceptors (Lipinski definition) is 2. The SMILES string of the molecule is C=CCO[C@H](c1ccnc2ccccc12)[C@@H]1C[C@@H]2CC[N+]1(Cc1c3cccc(F)c3cc3c(F)cccc13)C[C@@H]2CC. The standard InChI is InChI=1S/C37H37F2N2O/c1-3-19-42-37(29-15-17-40-35-14-6-5-9-28(29)35)36-20-25-16-18-41(36,22-24(25)4-2)23-32-26-10-7-12-33(38)30(26)21-31-27(32)11-8-13-34(31)39/h3,5-15,17,21,24-25,36-37H,1,4,16,18-20,22-23H2,2H3/q+1/t24-,25-,36-,37+,41?/m0/s1. The number of quaternary nitrogens is 1. The average molecular weight is 564 g/mol. The summed E-state index contributed by atoms with van der Waals surface area (Å²) in [4.78, 5) is 4.64. The van der Waals surface area contributed by atoms with Crippen molar-refractivity contribution in [2.45, 2.75) is 44.9 Å². The summed E-state index contributed by atoms with van der Waals surface area (Å²) in [6.07, 6.45) is 6.91. The lowest BCUT2D eigenvalue weighted by atomic mass is 9.70. The molecule has 3 aliphatic rings. The maximum absolute atomic E-state index is 15.3. The molecule has 2 bridgehead atoms. The second-order valence-electron chi connectivity index (χ2n) is 12.3. The number of pyridine rings is 1. The first-order chi connectivity index (χ1) is 20.5. The van der Waals surface area contributed by atoms with E-state index in [1.807, 2.05) is 30.5 Å². The lowest BCUT2D eigenvalue weighted by Gasteiger charge is -2.59. The third-order valence-corrected chi connectivity index (χ3v) is 10.2. The molecule has 5 aromatic rings. The van der Waals surface area contributed by atoms with E-state index >= 15 is 8.78 Å². The topological polar surface area (TPSA) is 22.1 Å². The van der Waals surface area contributed by atoms with Crippen molar-refractivity contribution >= 4 is 32.4 Å². The number of nitrogens with zero attached hydrogens (tertiary/aromatic N) is 2. The normalized spacial score (nSPS) is 24.4. The summed E-state index contributed by atoms with van der Waals surface area (Å²) in [5.41, 5.74) is 3.15. The number of benzene rings is 4. The van der Waals surface area contributed by atoms with Crippen LogP contribution in [-0.4, -0.2) is 35.2 Å². The predicted octanol–water partition coefficient (Wildman–Crippen LogP) is 8.90. The minimum atomic E-state index is -0.310. The van der Waals surface area contributed by atoms with Crippen LogP contribution < -0.4 is 0 Å². The molecule has 0 amide bonds. The fourth-order valence-corrected chi connectivity index (χ4v) is 8.26. The van der Waals surface area contributed by atoms with Crippen molar-refractivity contribution in [3.8, 4) is 0 Å². The van der Waals surface area contributed by atoms with Gasteiger partial charge in [0.05, 0.1) is 25.2 Å². The van der Waals surface area contributed by atoms with Gasteiger partial charge in [-0.2, -0.15) is 0 Å². The van der Waals surface area contributed by atoms with E-state index in [0.717, 1.165) is 69.6 Å². The first-order valence-electron chi connectivity index (χ1n) is 15.2. The van der Waals surface area contributed by atoms with E-state index in [1.54, 1.807) is 18.2 Å². The minimum absolute atomic E-state index is 0.161. The van der Waals surface area contributed by atoms with Gasteiger partial charge in [-0.15, -0.1) is 6.58 Å². The molecule has 1 unspecified atom stereocenters. The largest absolute Gasteiger partial charge is 0.363 e. The number of piperidine rings is 3. The van der Waals surface area contributed by atoms with Crippen molar-refractivity contribution in [3.05, 3.63) is 114 Å². The van der Waals surface area contributed by atoms with Gasteiger partial charge in [0.1, 0.15) is 30.3 Å². The monoisotopic (exact) mass is 563 g/mol. The van der Waals surface area contributed by atoms with Gasteiger partial charge in [-0.05, 0) is 59.0 Å². The fraction of sp³-hybridized carbons (Fsp3) is 0.324. The highest BCUT2D eigenvalue weighted by atomic mass is 19.1. The van der Waals surface area contributed by atoms with Gasteiger partial charge in [-0.25, -0.2) is 8.78 Å². The molecule has 0 saturated carbocycles. The van der Waals surface area contributed by atoms with E-state index in [9.17, 15) is 0 Å². The van der Waals surface area contributed by atoms with Crippen LogP contribution in [-0.2, 0) is 11.3 Å². The van der Waals surface area contributed by atoms with Gasteiger partial charge in [-0.3, -0.25) is 4.98 Å². The van der Waals surface area contributed by atoms with Gasteiger partial charge in [0.2, 0.25) is 0 Å². The van der Waals surface area contributed by atoms with Crippen LogP contribution in [0.4, 0.5) is 8.78 Å². The van der Waals surface area contributed by atoms with Crippen LogP contribution in [0.3, 0.4) is 0 Å². The number of para-hydroxylation sites is 1. The van der Waals surface area contributed by atoms with Crippen LogP contribution in [0.2, 0.25) is 0 Å². The average Bonchev–Trinajstić information content (AvgIpc) is 3.02. The van der Waals surface area contributed by atoms with E-state index in [2.05, 4.69) is 42.8 Å². The summed E-state index contributed by atoms with van der Waals surface area (Å²) in [7, 11) is 0. The molecule has 8 rings (SSSR count). The number of fused-ring (bicyclic) bond motifs is 6. The highest BCUT2D eigenvalue weighted by molar-refractivity contribution is 6.02. The molecule has 214 valence electrons. The van der Waals surface area contributed by atoms with Gasteiger partial charge < -0.3 is 9.22 Å². The van der Waals surface area contributed by atoms with E-state index in [-0.39, 0.29) is 23.8 Å². The lowest BCUT2D eigenvalue weighted by Crippen LogP contribution is -2.68. The first kappa shape index (κ1) is 27.2. The van der Waals surface area contributed by atoms with Gasteiger partial charge in [-0.1, -0.05) is 55.5 Å². The van der Waals surface area contributed by atoms with E-state index in [0.29, 0.717) is 35.8 Å². The van der Waals surface area contributed by atoms with Crippen molar-refractivity contribution < 1.29 is 18.0 Å². The second kappa shape index (κ2) is 10.9. The molecule has 1 aromatic heterocycles. The Hall–Kier alpha value is -3.67. The molecule has 3 nitrogen and oxygen atoms in total. The predicted molar refractivity (Wildman–Crippen MR) is 166 cm³/mol. The highest BCUT2D eigenvalue weighted by Gasteiger charge is 2.55. The molecular formula is C37H37F2N2O+. The van der Waals surface area contributed by atoms with Crippen LogP contribution >= 0.6 is 0 Å². The molecule has 42 heavy (non-hydrogen) atoms. The van der Waals surface area contributed by atoms with Crippen molar-refractivity contribution in [3.63, 3.8) is 0 Å². The van der Waals surface area contributed by atoms with Crippen LogP contribution in [0.25, 0.3) is 32.4 Å². The summed E-state index contributed by atoms with van der Waals surface area (Å²) in [5.74, 6) is 0.630. The maximum Gasteiger partial charge on any atom is 0.135 e. The van der Waals surface area contributed by atoms with E-state index in [1.165, 1.54) is 12.1 Å². The summed E-state index contributed by atoms with van der Waals surface area (Å²) in [6, 6.07) is 22.8. The maximum atomic E-state index is 15.3. The summed E-state index contributed by atoms with van der Waals surface area (Å²) >= 11 is 0. The Kier molecular flexibility index (Phi) is 7.03. The molecule has 3 fully saturated rings. The van der Waals surface area contributed by atoms with Crippen LogP contribution in [0.1, 0.15) is 43.4 Å². The molecule has 5 heteroatoms. The molecule has 4 aromatic carbocycles. The smallest absolute Gasteiger partial charge is 0.135 e. The Morgan fingerprint density at radius 3 is 2.38 bits per heavy atom. The van der Waals surface area contributed by atoms with Crippen LogP contribution in [0, 0.1) is 23.5 Å². The third-order valence-electron chi connectivity index (χ3n) is 10.2. The Bertz CT molecular complexity index is 1740. The van der Waals surface area contributed by atoms with Crippen molar-refractivity contribution in [1.82, 2.24) is 4.98 Å². The number of halogens is 2. The summed E-state index contributed by atoms with van der Waals surface area (Å²) < 4.78 is 38.1. The molecule has 0 aliphatic carbocycles. The Balaban J connectivity index is 1.43. The summed E-state index contributed by atoms with van der Waals surface area (Å²) in [5, 5.41) is 3.83. The molecular weight excluding hydrogens is 526 g/mol. The molecule has 5 atom stereocenters. The van der Waals surface area contributed by atoms with Crippen molar-refractivity contribution in [2.75, 3.05) is 19.7 Å². The van der Waals surface area contributed by atoms with E-state index < -0.39 is 0 Å². The van der Waals surface area contributed by atoms with Gasteiger partial charge in [0.25, 0.3) is 0 Å².